The molecule has 0 amide bonds. The van der Waals surface area contributed by atoms with Crippen molar-refractivity contribution >= 4 is 44.9 Å². The molecule has 0 unspecified atom stereocenters. The summed E-state index contributed by atoms with van der Waals surface area (Å²) in [5.74, 6) is 0.822. The van der Waals surface area contributed by atoms with Crippen molar-refractivity contribution in [1.82, 2.24) is 9.38 Å². The number of imidazole rings is 1. The Balaban J connectivity index is 1.84. The Morgan fingerprint density at radius 3 is 2.70 bits per heavy atom. The van der Waals surface area contributed by atoms with Crippen molar-refractivity contribution in [3.05, 3.63) is 63.5 Å². The first kappa shape index (κ1) is 14.0. The SMILES string of the molecule is Cc1ccc(SCc2nc3ccc(Cl)cn3c2Br)cc1. The standard InChI is InChI=1S/C15H12BrClN2S/c1-10-2-5-12(6-3-10)20-9-13-15(16)19-8-11(17)4-7-14(19)18-13/h2-8H,9H2,1H3. The van der Waals surface area contributed by atoms with Gasteiger partial charge in [0.15, 0.2) is 0 Å². The monoisotopic (exact) mass is 366 g/mol. The van der Waals surface area contributed by atoms with Crippen LogP contribution in [0.4, 0.5) is 0 Å². The lowest BCUT2D eigenvalue weighted by atomic mass is 10.2. The molecule has 20 heavy (non-hydrogen) atoms. The van der Waals surface area contributed by atoms with Crippen LogP contribution < -0.4 is 0 Å². The second kappa shape index (κ2) is 5.80. The molecule has 2 aromatic heterocycles. The predicted molar refractivity (Wildman–Crippen MR) is 88.6 cm³/mol. The van der Waals surface area contributed by atoms with Crippen LogP contribution in [-0.2, 0) is 5.75 Å². The van der Waals surface area contributed by atoms with Crippen LogP contribution >= 0.6 is 39.3 Å². The Labute approximate surface area is 135 Å². The molecule has 0 saturated carbocycles. The van der Waals surface area contributed by atoms with Gasteiger partial charge in [0, 0.05) is 16.8 Å². The number of hydrogen-bond acceptors (Lipinski definition) is 2. The minimum Gasteiger partial charge on any atom is -0.292 e. The lowest BCUT2D eigenvalue weighted by molar-refractivity contribution is 1.14. The molecule has 0 aliphatic carbocycles. The maximum absolute atomic E-state index is 6.01. The van der Waals surface area contributed by atoms with Gasteiger partial charge in [0.25, 0.3) is 0 Å². The van der Waals surface area contributed by atoms with E-state index in [9.17, 15) is 0 Å². The Morgan fingerprint density at radius 2 is 1.95 bits per heavy atom. The average molecular weight is 368 g/mol. The molecule has 5 heteroatoms. The molecule has 102 valence electrons. The van der Waals surface area contributed by atoms with Crippen LogP contribution in [0.1, 0.15) is 11.3 Å². The van der Waals surface area contributed by atoms with Crippen molar-refractivity contribution in [2.75, 3.05) is 0 Å². The molecule has 0 radical (unpaired) electrons. The van der Waals surface area contributed by atoms with Gasteiger partial charge >= 0.3 is 0 Å². The third kappa shape index (κ3) is 2.87. The first-order valence-electron chi connectivity index (χ1n) is 6.15. The topological polar surface area (TPSA) is 17.3 Å². The van der Waals surface area contributed by atoms with Crippen LogP contribution in [0.3, 0.4) is 0 Å². The fraction of sp³-hybridized carbons (Fsp3) is 0.133. The highest BCUT2D eigenvalue weighted by Crippen LogP contribution is 2.28. The highest BCUT2D eigenvalue weighted by Gasteiger charge is 2.10. The van der Waals surface area contributed by atoms with E-state index in [1.807, 2.05) is 22.7 Å². The van der Waals surface area contributed by atoms with Gasteiger partial charge in [-0.15, -0.1) is 11.8 Å². The molecule has 0 atom stereocenters. The molecule has 1 aromatic carbocycles. The Bertz CT molecular complexity index is 752. The van der Waals surface area contributed by atoms with E-state index >= 15 is 0 Å². The summed E-state index contributed by atoms with van der Waals surface area (Å²) in [5, 5.41) is 0.702. The highest BCUT2D eigenvalue weighted by molar-refractivity contribution is 9.10. The Kier molecular flexibility index (Phi) is 4.06. The molecule has 0 aliphatic rings. The first-order valence-corrected chi connectivity index (χ1v) is 8.30. The molecule has 3 rings (SSSR count). The van der Waals surface area contributed by atoms with Gasteiger partial charge in [0.2, 0.25) is 0 Å². The zero-order valence-corrected chi connectivity index (χ0v) is 14.0. The van der Waals surface area contributed by atoms with Crippen molar-refractivity contribution in [2.24, 2.45) is 0 Å². The normalized spacial score (nSPS) is 11.2. The number of rotatable bonds is 3. The van der Waals surface area contributed by atoms with Gasteiger partial charge < -0.3 is 0 Å². The summed E-state index contributed by atoms with van der Waals surface area (Å²) >= 11 is 11.4. The van der Waals surface area contributed by atoms with Gasteiger partial charge in [-0.1, -0.05) is 29.3 Å². The lowest BCUT2D eigenvalue weighted by Gasteiger charge is -2.01. The second-order valence-electron chi connectivity index (χ2n) is 4.53. The van der Waals surface area contributed by atoms with Gasteiger partial charge in [-0.05, 0) is 47.1 Å². The minimum absolute atomic E-state index is 0.702. The van der Waals surface area contributed by atoms with Crippen molar-refractivity contribution < 1.29 is 0 Å². The van der Waals surface area contributed by atoms with Gasteiger partial charge in [-0.3, -0.25) is 4.40 Å². The van der Waals surface area contributed by atoms with Crippen molar-refractivity contribution in [2.45, 2.75) is 17.6 Å². The third-order valence-electron chi connectivity index (χ3n) is 2.99. The van der Waals surface area contributed by atoms with E-state index in [4.69, 9.17) is 11.6 Å². The van der Waals surface area contributed by atoms with E-state index in [1.165, 1.54) is 10.5 Å². The summed E-state index contributed by atoms with van der Waals surface area (Å²) < 4.78 is 2.93. The highest BCUT2D eigenvalue weighted by atomic mass is 79.9. The van der Waals surface area contributed by atoms with Gasteiger partial charge in [-0.25, -0.2) is 4.98 Å². The number of benzene rings is 1. The molecule has 2 nitrogen and oxygen atoms in total. The van der Waals surface area contributed by atoms with Crippen molar-refractivity contribution in [3.8, 4) is 0 Å². The molecule has 0 spiro atoms. The van der Waals surface area contributed by atoms with Crippen LogP contribution in [0.25, 0.3) is 5.65 Å². The lowest BCUT2D eigenvalue weighted by Crippen LogP contribution is -1.84. The Hall–Kier alpha value is -0.970. The molecule has 2 heterocycles. The van der Waals surface area contributed by atoms with Gasteiger partial charge in [0.05, 0.1) is 10.7 Å². The zero-order chi connectivity index (χ0) is 14.1. The van der Waals surface area contributed by atoms with E-state index in [2.05, 4.69) is 52.1 Å². The number of hydrogen-bond donors (Lipinski definition) is 0. The maximum atomic E-state index is 6.01. The summed E-state index contributed by atoms with van der Waals surface area (Å²) in [6, 6.07) is 12.3. The molecule has 0 aliphatic heterocycles. The minimum atomic E-state index is 0.702. The van der Waals surface area contributed by atoms with E-state index in [0.717, 1.165) is 21.7 Å². The number of nitrogens with zero attached hydrogens (tertiary/aromatic N) is 2. The molecule has 0 fully saturated rings. The molecule has 0 bridgehead atoms. The fourth-order valence-electron chi connectivity index (χ4n) is 1.92. The number of pyridine rings is 1. The summed E-state index contributed by atoms with van der Waals surface area (Å²) in [7, 11) is 0. The van der Waals surface area contributed by atoms with Crippen LogP contribution in [0, 0.1) is 6.92 Å². The number of aromatic nitrogens is 2. The van der Waals surface area contributed by atoms with Gasteiger partial charge in [-0.2, -0.15) is 0 Å². The zero-order valence-electron chi connectivity index (χ0n) is 10.8. The van der Waals surface area contributed by atoms with Crippen LogP contribution in [0.15, 0.2) is 52.1 Å². The summed E-state index contributed by atoms with van der Waals surface area (Å²) in [4.78, 5) is 5.87. The summed E-state index contributed by atoms with van der Waals surface area (Å²) in [6.45, 7) is 2.09. The first-order chi connectivity index (χ1) is 9.63. The molecule has 3 aromatic rings. The van der Waals surface area contributed by atoms with Gasteiger partial charge in [0.1, 0.15) is 10.3 Å². The number of fused-ring (bicyclic) bond motifs is 1. The summed E-state index contributed by atoms with van der Waals surface area (Å²) in [6.07, 6.45) is 1.87. The predicted octanol–water partition coefficient (Wildman–Crippen LogP) is 5.35. The maximum Gasteiger partial charge on any atom is 0.138 e. The number of aryl methyl sites for hydroxylation is 1. The smallest absolute Gasteiger partial charge is 0.138 e. The Morgan fingerprint density at radius 1 is 1.20 bits per heavy atom. The van der Waals surface area contributed by atoms with E-state index < -0.39 is 0 Å². The van der Waals surface area contributed by atoms with Crippen LogP contribution in [0.2, 0.25) is 5.02 Å². The summed E-state index contributed by atoms with van der Waals surface area (Å²) in [5.41, 5.74) is 3.21. The number of thioether (sulfide) groups is 1. The van der Waals surface area contributed by atoms with Crippen LogP contribution in [0.5, 0.6) is 0 Å². The third-order valence-corrected chi connectivity index (χ3v) is 5.07. The molecule has 0 saturated heterocycles. The molecule has 0 N–H and O–H groups in total. The largest absolute Gasteiger partial charge is 0.292 e. The van der Waals surface area contributed by atoms with Crippen molar-refractivity contribution in [1.29, 1.82) is 0 Å². The van der Waals surface area contributed by atoms with E-state index in [1.54, 1.807) is 11.8 Å². The average Bonchev–Trinajstić information content (AvgIpc) is 2.75. The quantitative estimate of drug-likeness (QED) is 0.580. The number of halogens is 2. The molecular weight excluding hydrogens is 356 g/mol. The fourth-order valence-corrected chi connectivity index (χ4v) is 3.61. The van der Waals surface area contributed by atoms with Crippen molar-refractivity contribution in [3.63, 3.8) is 0 Å². The second-order valence-corrected chi connectivity index (χ2v) is 6.76. The van der Waals surface area contributed by atoms with E-state index in [-0.39, 0.29) is 0 Å². The van der Waals surface area contributed by atoms with Crippen LogP contribution in [-0.4, -0.2) is 9.38 Å². The molecular formula is C15H12BrClN2S. The van der Waals surface area contributed by atoms with E-state index in [0.29, 0.717) is 5.02 Å².